The molecule has 2 N–H and O–H groups in total. The van der Waals surface area contributed by atoms with Gasteiger partial charge in [0.05, 0.1) is 0 Å². The largest absolute Gasteiger partial charge is 0.475 e. The number of furan rings is 1. The molecule has 0 spiro atoms. The maximum atomic E-state index is 10.8. The molecule has 0 fully saturated rings. The van der Waals surface area contributed by atoms with Crippen LogP contribution in [0.4, 0.5) is 0 Å². The molecule has 2 rings (SSSR count). The van der Waals surface area contributed by atoms with Crippen LogP contribution >= 0.6 is 11.3 Å². The minimum Gasteiger partial charge on any atom is -0.475 e. The molecule has 5 heteroatoms. The fourth-order valence-corrected chi connectivity index (χ4v) is 2.91. The van der Waals surface area contributed by atoms with Crippen molar-refractivity contribution in [1.82, 2.24) is 5.32 Å². The lowest BCUT2D eigenvalue weighted by Crippen LogP contribution is -2.31. The van der Waals surface area contributed by atoms with Crippen LogP contribution in [0.25, 0.3) is 0 Å². The molecule has 0 amide bonds. The molecule has 108 valence electrons. The second-order valence-corrected chi connectivity index (χ2v) is 6.41. The summed E-state index contributed by atoms with van der Waals surface area (Å²) in [4.78, 5) is 12.2. The summed E-state index contributed by atoms with van der Waals surface area (Å²) in [7, 11) is 0. The summed E-state index contributed by atoms with van der Waals surface area (Å²) in [5.41, 5.74) is 0.950. The van der Waals surface area contributed by atoms with E-state index in [1.165, 1.54) is 4.88 Å². The lowest BCUT2D eigenvalue weighted by Gasteiger charge is -2.23. The Kier molecular flexibility index (Phi) is 4.30. The third-order valence-electron chi connectivity index (χ3n) is 3.30. The van der Waals surface area contributed by atoms with Crippen LogP contribution in [0.15, 0.2) is 28.0 Å². The number of carbonyl (C=O) groups is 1. The second-order valence-electron chi connectivity index (χ2n) is 5.46. The van der Waals surface area contributed by atoms with Crippen LogP contribution in [0.1, 0.15) is 40.6 Å². The Morgan fingerprint density at radius 1 is 1.50 bits per heavy atom. The van der Waals surface area contributed by atoms with Crippen molar-refractivity contribution in [3.8, 4) is 0 Å². The maximum absolute atomic E-state index is 10.8. The molecule has 0 aromatic carbocycles. The molecule has 0 saturated carbocycles. The van der Waals surface area contributed by atoms with Gasteiger partial charge in [-0.1, -0.05) is 19.9 Å². The van der Waals surface area contributed by atoms with Gasteiger partial charge in [-0.2, -0.15) is 0 Å². The Hall–Kier alpha value is -1.59. The number of rotatable bonds is 6. The highest BCUT2D eigenvalue weighted by molar-refractivity contribution is 7.10. The van der Waals surface area contributed by atoms with Crippen molar-refractivity contribution in [3.05, 3.63) is 45.5 Å². The van der Waals surface area contributed by atoms with Gasteiger partial charge < -0.3 is 14.8 Å². The molecule has 0 aliphatic rings. The molecule has 0 aliphatic heterocycles. The molecule has 4 nitrogen and oxygen atoms in total. The molecular weight excluding hydrogens is 274 g/mol. The summed E-state index contributed by atoms with van der Waals surface area (Å²) in [6.07, 6.45) is 0. The van der Waals surface area contributed by atoms with Crippen LogP contribution in [0.2, 0.25) is 0 Å². The zero-order chi connectivity index (χ0) is 14.8. The maximum Gasteiger partial charge on any atom is 0.371 e. The first-order valence-electron chi connectivity index (χ1n) is 6.47. The van der Waals surface area contributed by atoms with E-state index >= 15 is 0 Å². The van der Waals surface area contributed by atoms with Crippen molar-refractivity contribution in [3.63, 3.8) is 0 Å². The van der Waals surface area contributed by atoms with E-state index in [1.807, 2.05) is 0 Å². The van der Waals surface area contributed by atoms with Crippen molar-refractivity contribution in [2.24, 2.45) is 0 Å². The Bertz CT molecular complexity index is 584. The average Bonchev–Trinajstić information content (AvgIpc) is 2.99. The van der Waals surface area contributed by atoms with Crippen LogP contribution in [0.5, 0.6) is 0 Å². The van der Waals surface area contributed by atoms with Crippen LogP contribution in [-0.4, -0.2) is 17.6 Å². The van der Waals surface area contributed by atoms with Crippen LogP contribution < -0.4 is 5.32 Å². The lowest BCUT2D eigenvalue weighted by atomic mass is 9.91. The van der Waals surface area contributed by atoms with E-state index in [1.54, 1.807) is 24.3 Å². The first-order chi connectivity index (χ1) is 9.40. The second kappa shape index (κ2) is 5.81. The molecule has 2 aromatic heterocycles. The number of aromatic carboxylic acids is 1. The molecule has 0 aliphatic carbocycles. The molecule has 2 aromatic rings. The van der Waals surface area contributed by atoms with Gasteiger partial charge in [0.1, 0.15) is 5.76 Å². The molecule has 0 radical (unpaired) electrons. The molecule has 0 atom stereocenters. The SMILES string of the molecule is Cc1oc(C(=O)O)cc1CNCC(C)(C)c1cccs1. The monoisotopic (exact) mass is 293 g/mol. The first-order valence-corrected chi connectivity index (χ1v) is 7.35. The Labute approximate surface area is 122 Å². The minimum absolute atomic E-state index is 0.00295. The first kappa shape index (κ1) is 14.8. The molecule has 0 bridgehead atoms. The van der Waals surface area contributed by atoms with E-state index in [-0.39, 0.29) is 11.2 Å². The van der Waals surface area contributed by atoms with Gasteiger partial charge in [-0.3, -0.25) is 0 Å². The van der Waals surface area contributed by atoms with Gasteiger partial charge in [-0.15, -0.1) is 11.3 Å². The van der Waals surface area contributed by atoms with E-state index in [9.17, 15) is 4.79 Å². The van der Waals surface area contributed by atoms with E-state index in [4.69, 9.17) is 9.52 Å². The van der Waals surface area contributed by atoms with Gasteiger partial charge in [0, 0.05) is 28.9 Å². The fraction of sp³-hybridized carbons (Fsp3) is 0.400. The van der Waals surface area contributed by atoms with Gasteiger partial charge in [0.15, 0.2) is 0 Å². The van der Waals surface area contributed by atoms with Crippen molar-refractivity contribution in [2.45, 2.75) is 32.7 Å². The number of carboxylic acid groups (broad SMARTS) is 1. The smallest absolute Gasteiger partial charge is 0.371 e. The van der Waals surface area contributed by atoms with Gasteiger partial charge in [-0.25, -0.2) is 4.79 Å². The summed E-state index contributed by atoms with van der Waals surface area (Å²) < 4.78 is 5.19. The van der Waals surface area contributed by atoms with Gasteiger partial charge in [0.25, 0.3) is 0 Å². The number of aryl methyl sites for hydroxylation is 1. The summed E-state index contributed by atoms with van der Waals surface area (Å²) in [5, 5.41) is 14.3. The van der Waals surface area contributed by atoms with Crippen LogP contribution in [-0.2, 0) is 12.0 Å². The predicted molar refractivity (Wildman–Crippen MR) is 79.5 cm³/mol. The van der Waals surface area contributed by atoms with Crippen molar-refractivity contribution < 1.29 is 14.3 Å². The van der Waals surface area contributed by atoms with Gasteiger partial charge >= 0.3 is 5.97 Å². The zero-order valence-electron chi connectivity index (χ0n) is 11.9. The Morgan fingerprint density at radius 2 is 2.25 bits per heavy atom. The highest BCUT2D eigenvalue weighted by Gasteiger charge is 2.21. The van der Waals surface area contributed by atoms with Crippen molar-refractivity contribution >= 4 is 17.3 Å². The number of hydrogen-bond acceptors (Lipinski definition) is 4. The summed E-state index contributed by atoms with van der Waals surface area (Å²) in [5.74, 6) is -0.376. The molecule has 0 saturated heterocycles. The quantitative estimate of drug-likeness (QED) is 0.856. The Morgan fingerprint density at radius 3 is 2.80 bits per heavy atom. The third-order valence-corrected chi connectivity index (χ3v) is 4.54. The lowest BCUT2D eigenvalue weighted by molar-refractivity contribution is 0.0661. The number of nitrogens with one attached hydrogen (secondary N) is 1. The number of carboxylic acids is 1. The van der Waals surface area contributed by atoms with Crippen molar-refractivity contribution in [2.75, 3.05) is 6.54 Å². The van der Waals surface area contributed by atoms with Crippen LogP contribution in [0, 0.1) is 6.92 Å². The summed E-state index contributed by atoms with van der Waals surface area (Å²) in [6, 6.07) is 5.78. The standard InChI is InChI=1S/C15H19NO3S/c1-10-11(7-12(19-10)14(17)18)8-16-9-15(2,3)13-5-4-6-20-13/h4-7,16H,8-9H2,1-3H3,(H,17,18). The summed E-state index contributed by atoms with van der Waals surface area (Å²) in [6.45, 7) is 7.60. The average molecular weight is 293 g/mol. The van der Waals surface area contributed by atoms with E-state index in [0.717, 1.165) is 12.1 Å². The van der Waals surface area contributed by atoms with Crippen LogP contribution in [0.3, 0.4) is 0 Å². The molecule has 0 unspecified atom stereocenters. The van der Waals surface area contributed by atoms with E-state index < -0.39 is 5.97 Å². The van der Waals surface area contributed by atoms with Gasteiger partial charge in [-0.05, 0) is 24.4 Å². The summed E-state index contributed by atoms with van der Waals surface area (Å²) >= 11 is 1.75. The predicted octanol–water partition coefficient (Wildman–Crippen LogP) is 3.42. The highest BCUT2D eigenvalue weighted by atomic mass is 32.1. The number of hydrogen-bond donors (Lipinski definition) is 2. The normalized spacial score (nSPS) is 11.8. The zero-order valence-corrected chi connectivity index (χ0v) is 12.7. The highest BCUT2D eigenvalue weighted by Crippen LogP contribution is 2.26. The molecular formula is C15H19NO3S. The molecule has 2 heterocycles. The topological polar surface area (TPSA) is 62.5 Å². The van der Waals surface area contributed by atoms with E-state index in [2.05, 4.69) is 36.7 Å². The van der Waals surface area contributed by atoms with Crippen molar-refractivity contribution in [1.29, 1.82) is 0 Å². The Balaban J connectivity index is 1.95. The fourth-order valence-electron chi connectivity index (χ4n) is 2.06. The molecule has 20 heavy (non-hydrogen) atoms. The third kappa shape index (κ3) is 3.29. The minimum atomic E-state index is -1.03. The van der Waals surface area contributed by atoms with Gasteiger partial charge in [0.2, 0.25) is 5.76 Å². The number of thiophene rings is 1. The van der Waals surface area contributed by atoms with E-state index in [0.29, 0.717) is 12.3 Å².